The lowest BCUT2D eigenvalue weighted by Crippen LogP contribution is -2.53. The van der Waals surface area contributed by atoms with Crippen molar-refractivity contribution >= 4 is 17.5 Å². The fraction of sp³-hybridized carbons (Fsp3) is 0.367. The number of aliphatic hydroxyl groups excluding tert-OH is 1. The molecule has 0 spiro atoms. The van der Waals surface area contributed by atoms with E-state index in [-0.39, 0.29) is 31.5 Å². The van der Waals surface area contributed by atoms with Gasteiger partial charge in [0, 0.05) is 24.7 Å². The third-order valence-electron chi connectivity index (χ3n) is 6.75. The predicted molar refractivity (Wildman–Crippen MR) is 149 cm³/mol. The van der Waals surface area contributed by atoms with E-state index in [1.165, 1.54) is 0 Å². The Morgan fingerprint density at radius 2 is 1.68 bits per heavy atom. The SMILES string of the molecule is CC(C)Oc1ccc([C@@H](O)[C@@H](CN2CC[C@@H](F)C2)N(N)C(=O)Cc2ccc(-c3ccc(Cl)cc3)cc2)cc1. The molecule has 1 heterocycles. The first kappa shape index (κ1) is 28.0. The fourth-order valence-corrected chi connectivity index (χ4v) is 4.83. The van der Waals surface area contributed by atoms with Crippen molar-refractivity contribution in [1.82, 2.24) is 9.91 Å². The molecule has 38 heavy (non-hydrogen) atoms. The standard InChI is InChI=1S/C30H35ClFN3O3/c1-20(2)38-27-13-9-24(10-14-27)30(37)28(19-34-16-15-26(32)18-34)35(33)29(36)17-21-3-5-22(6-4-21)23-7-11-25(31)12-8-23/h3-14,20,26,28,30,37H,15-19,33H2,1-2H3/t26-,28-,30-/m1/s1. The van der Waals surface area contributed by atoms with E-state index in [4.69, 9.17) is 22.2 Å². The van der Waals surface area contributed by atoms with E-state index in [1.807, 2.05) is 67.3 Å². The summed E-state index contributed by atoms with van der Waals surface area (Å²) in [5.74, 6) is 6.72. The van der Waals surface area contributed by atoms with Crippen molar-refractivity contribution < 1.29 is 19.0 Å². The number of aliphatic hydroxyl groups is 1. The molecule has 3 N–H and O–H groups in total. The van der Waals surface area contributed by atoms with Crippen LogP contribution in [0.3, 0.4) is 0 Å². The topological polar surface area (TPSA) is 79.0 Å². The molecular weight excluding hydrogens is 505 g/mol. The molecule has 202 valence electrons. The molecule has 0 aliphatic carbocycles. The smallest absolute Gasteiger partial charge is 0.241 e. The minimum atomic E-state index is -1.05. The van der Waals surface area contributed by atoms with E-state index in [2.05, 4.69) is 0 Å². The van der Waals surface area contributed by atoms with Gasteiger partial charge in [-0.1, -0.05) is 60.1 Å². The number of alkyl halides is 1. The van der Waals surface area contributed by atoms with E-state index >= 15 is 0 Å². The van der Waals surface area contributed by atoms with Crippen molar-refractivity contribution in [2.45, 2.75) is 51.1 Å². The lowest BCUT2D eigenvalue weighted by atomic mass is 9.99. The monoisotopic (exact) mass is 539 g/mol. The number of likely N-dealkylation sites (tertiary alicyclic amines) is 1. The number of benzene rings is 3. The largest absolute Gasteiger partial charge is 0.491 e. The first-order valence-electron chi connectivity index (χ1n) is 12.9. The second-order valence-corrected chi connectivity index (χ2v) is 10.5. The van der Waals surface area contributed by atoms with Gasteiger partial charge in [0.25, 0.3) is 0 Å². The van der Waals surface area contributed by atoms with Crippen LogP contribution < -0.4 is 10.6 Å². The Kier molecular flexibility index (Phi) is 9.39. The normalized spacial score (nSPS) is 17.4. The number of carbonyl (C=O) groups excluding carboxylic acids is 1. The summed E-state index contributed by atoms with van der Waals surface area (Å²) in [7, 11) is 0. The number of rotatable bonds is 10. The molecule has 0 aromatic heterocycles. The van der Waals surface area contributed by atoms with Gasteiger partial charge in [-0.15, -0.1) is 0 Å². The van der Waals surface area contributed by atoms with E-state index in [1.54, 1.807) is 24.3 Å². The Morgan fingerprint density at radius 1 is 1.08 bits per heavy atom. The van der Waals surface area contributed by atoms with Crippen LogP contribution in [0.5, 0.6) is 5.75 Å². The minimum Gasteiger partial charge on any atom is -0.491 e. The summed E-state index contributed by atoms with van der Waals surface area (Å²) in [6.45, 7) is 4.97. The Bertz CT molecular complexity index is 1190. The molecule has 3 aromatic rings. The van der Waals surface area contributed by atoms with Crippen molar-refractivity contribution in [3.05, 3.63) is 88.9 Å². The molecule has 4 rings (SSSR count). The molecule has 1 saturated heterocycles. The van der Waals surface area contributed by atoms with E-state index < -0.39 is 18.3 Å². The van der Waals surface area contributed by atoms with Gasteiger partial charge in [-0.05, 0) is 66.8 Å². The molecule has 1 aliphatic heterocycles. The fourth-order valence-electron chi connectivity index (χ4n) is 4.70. The summed E-state index contributed by atoms with van der Waals surface area (Å²) in [6.07, 6.45) is -1.43. The third-order valence-corrected chi connectivity index (χ3v) is 7.00. The number of hydrazine groups is 1. The number of hydrogen-bond donors (Lipinski definition) is 2. The zero-order valence-electron chi connectivity index (χ0n) is 21.8. The van der Waals surface area contributed by atoms with Crippen LogP contribution >= 0.6 is 11.6 Å². The van der Waals surface area contributed by atoms with Crippen LogP contribution in [-0.2, 0) is 11.2 Å². The maximum Gasteiger partial charge on any atom is 0.241 e. The van der Waals surface area contributed by atoms with Crippen molar-refractivity contribution in [2.75, 3.05) is 19.6 Å². The maximum atomic E-state index is 13.9. The van der Waals surface area contributed by atoms with Crippen LogP contribution in [0.2, 0.25) is 5.02 Å². The first-order valence-corrected chi connectivity index (χ1v) is 13.3. The van der Waals surface area contributed by atoms with Crippen molar-refractivity contribution in [3.63, 3.8) is 0 Å². The molecule has 6 nitrogen and oxygen atoms in total. The highest BCUT2D eigenvalue weighted by Crippen LogP contribution is 2.26. The molecule has 0 bridgehead atoms. The molecular formula is C30H35ClFN3O3. The van der Waals surface area contributed by atoms with Crippen LogP contribution in [0.25, 0.3) is 11.1 Å². The summed E-state index contributed by atoms with van der Waals surface area (Å²) < 4.78 is 19.6. The van der Waals surface area contributed by atoms with Gasteiger partial charge >= 0.3 is 0 Å². The van der Waals surface area contributed by atoms with Gasteiger partial charge in [-0.25, -0.2) is 10.2 Å². The molecule has 1 aliphatic rings. The number of carbonyl (C=O) groups is 1. The van der Waals surface area contributed by atoms with Crippen LogP contribution in [0.15, 0.2) is 72.8 Å². The van der Waals surface area contributed by atoms with E-state index in [9.17, 15) is 14.3 Å². The van der Waals surface area contributed by atoms with Crippen molar-refractivity contribution in [2.24, 2.45) is 5.84 Å². The maximum absolute atomic E-state index is 13.9. The predicted octanol–water partition coefficient (Wildman–Crippen LogP) is 5.19. The summed E-state index contributed by atoms with van der Waals surface area (Å²) in [5.41, 5.74) is 3.45. The van der Waals surface area contributed by atoms with Gasteiger partial charge in [0.2, 0.25) is 5.91 Å². The highest BCUT2D eigenvalue weighted by molar-refractivity contribution is 6.30. The summed E-state index contributed by atoms with van der Waals surface area (Å²) in [6, 6.07) is 21.6. The Balaban J connectivity index is 1.48. The van der Waals surface area contributed by atoms with Gasteiger partial charge in [-0.3, -0.25) is 14.7 Å². The van der Waals surface area contributed by atoms with Gasteiger partial charge in [0.15, 0.2) is 0 Å². The number of hydrogen-bond acceptors (Lipinski definition) is 5. The number of amides is 1. The first-order chi connectivity index (χ1) is 18.2. The van der Waals surface area contributed by atoms with Gasteiger partial charge in [0.1, 0.15) is 18.0 Å². The quantitative estimate of drug-likeness (QED) is 0.211. The number of nitrogens with zero attached hydrogens (tertiary/aromatic N) is 2. The average Bonchev–Trinajstić information content (AvgIpc) is 3.32. The van der Waals surface area contributed by atoms with Crippen LogP contribution in [0.4, 0.5) is 4.39 Å². The zero-order chi connectivity index (χ0) is 27.2. The summed E-state index contributed by atoms with van der Waals surface area (Å²) >= 11 is 5.98. The molecule has 3 atom stereocenters. The highest BCUT2D eigenvalue weighted by Gasteiger charge is 2.33. The summed E-state index contributed by atoms with van der Waals surface area (Å²) in [4.78, 5) is 15.2. The second kappa shape index (κ2) is 12.7. The molecule has 8 heteroatoms. The number of nitrogens with two attached hydrogens (primary N) is 1. The molecule has 1 amide bonds. The lowest BCUT2D eigenvalue weighted by Gasteiger charge is -2.34. The number of ether oxygens (including phenoxy) is 1. The van der Waals surface area contributed by atoms with Gasteiger partial charge < -0.3 is 9.84 Å². The van der Waals surface area contributed by atoms with Gasteiger partial charge in [0.05, 0.1) is 18.6 Å². The van der Waals surface area contributed by atoms with Crippen LogP contribution in [0.1, 0.15) is 37.5 Å². The Hall–Kier alpha value is -2.97. The van der Waals surface area contributed by atoms with Crippen LogP contribution in [-0.4, -0.2) is 58.9 Å². The number of halogens is 2. The van der Waals surface area contributed by atoms with E-state index in [0.29, 0.717) is 29.3 Å². The molecule has 0 unspecified atom stereocenters. The molecule has 0 saturated carbocycles. The van der Waals surface area contributed by atoms with Crippen molar-refractivity contribution in [3.8, 4) is 16.9 Å². The second-order valence-electron chi connectivity index (χ2n) is 10.1. The Morgan fingerprint density at radius 3 is 2.24 bits per heavy atom. The molecule has 0 radical (unpaired) electrons. The van der Waals surface area contributed by atoms with Crippen LogP contribution in [0, 0.1) is 0 Å². The summed E-state index contributed by atoms with van der Waals surface area (Å²) in [5, 5.41) is 13.1. The molecule has 3 aromatic carbocycles. The minimum absolute atomic E-state index is 0.0275. The van der Waals surface area contributed by atoms with E-state index in [0.717, 1.165) is 21.7 Å². The average molecular weight is 540 g/mol. The Labute approximate surface area is 228 Å². The van der Waals surface area contributed by atoms with Gasteiger partial charge in [-0.2, -0.15) is 0 Å². The van der Waals surface area contributed by atoms with Crippen molar-refractivity contribution in [1.29, 1.82) is 0 Å². The highest BCUT2D eigenvalue weighted by atomic mass is 35.5. The zero-order valence-corrected chi connectivity index (χ0v) is 22.5. The third kappa shape index (κ3) is 7.32. The lowest BCUT2D eigenvalue weighted by molar-refractivity contribution is -0.136. The molecule has 1 fully saturated rings.